The number of hydrogen-bond donors (Lipinski definition) is 1. The summed E-state index contributed by atoms with van der Waals surface area (Å²) in [4.78, 5) is 11.3. The number of carboxylic acids is 1. The standard InChI is InChI=1S/C15H19ClO2S/c16-12-8-6-11(7-9-12)10-19-14-5-3-1-2-4-13(14)15(17)18/h6-9,13-14H,1-5,10H2,(H,17,18). The van der Waals surface area contributed by atoms with Crippen molar-refractivity contribution in [2.45, 2.75) is 43.1 Å². The molecule has 0 heterocycles. The summed E-state index contributed by atoms with van der Waals surface area (Å²) in [6.45, 7) is 0. The van der Waals surface area contributed by atoms with E-state index in [1.807, 2.05) is 24.3 Å². The average molecular weight is 299 g/mol. The van der Waals surface area contributed by atoms with E-state index in [9.17, 15) is 9.90 Å². The zero-order valence-corrected chi connectivity index (χ0v) is 12.4. The first-order chi connectivity index (χ1) is 9.16. The Bertz CT molecular complexity index is 419. The summed E-state index contributed by atoms with van der Waals surface area (Å²) < 4.78 is 0. The van der Waals surface area contributed by atoms with E-state index in [0.717, 1.165) is 36.5 Å². The second-order valence-corrected chi connectivity index (χ2v) is 6.72. The zero-order chi connectivity index (χ0) is 13.7. The molecule has 2 unspecified atom stereocenters. The quantitative estimate of drug-likeness (QED) is 0.825. The van der Waals surface area contributed by atoms with Crippen LogP contribution in [-0.4, -0.2) is 16.3 Å². The lowest BCUT2D eigenvalue weighted by molar-refractivity contribution is -0.141. The van der Waals surface area contributed by atoms with Crippen molar-refractivity contribution >= 4 is 29.3 Å². The second kappa shape index (κ2) is 7.20. The van der Waals surface area contributed by atoms with Gasteiger partial charge in [-0.05, 0) is 30.5 Å². The van der Waals surface area contributed by atoms with E-state index in [4.69, 9.17) is 11.6 Å². The molecule has 1 fully saturated rings. The lowest BCUT2D eigenvalue weighted by atomic mass is 10.0. The van der Waals surface area contributed by atoms with E-state index in [1.54, 1.807) is 11.8 Å². The summed E-state index contributed by atoms with van der Waals surface area (Å²) in [5.41, 5.74) is 1.21. The summed E-state index contributed by atoms with van der Waals surface area (Å²) in [5, 5.41) is 10.3. The van der Waals surface area contributed by atoms with Crippen molar-refractivity contribution in [3.63, 3.8) is 0 Å². The van der Waals surface area contributed by atoms with Gasteiger partial charge >= 0.3 is 5.97 Å². The van der Waals surface area contributed by atoms with Gasteiger partial charge < -0.3 is 5.11 Å². The van der Waals surface area contributed by atoms with Gasteiger partial charge in [-0.2, -0.15) is 11.8 Å². The van der Waals surface area contributed by atoms with Crippen LogP contribution in [0.25, 0.3) is 0 Å². The molecule has 0 radical (unpaired) electrons. The van der Waals surface area contributed by atoms with Gasteiger partial charge in [-0.15, -0.1) is 0 Å². The molecule has 1 aliphatic carbocycles. The number of aliphatic carboxylic acids is 1. The maximum Gasteiger partial charge on any atom is 0.307 e. The van der Waals surface area contributed by atoms with E-state index in [0.29, 0.717) is 0 Å². The Morgan fingerprint density at radius 2 is 1.89 bits per heavy atom. The normalized spacial score (nSPS) is 23.8. The van der Waals surface area contributed by atoms with Crippen molar-refractivity contribution in [1.29, 1.82) is 0 Å². The average Bonchev–Trinajstić information content (AvgIpc) is 2.63. The Balaban J connectivity index is 1.95. The monoisotopic (exact) mass is 298 g/mol. The molecule has 0 bridgehead atoms. The summed E-state index contributed by atoms with van der Waals surface area (Å²) in [5.74, 6) is 0.0568. The van der Waals surface area contributed by atoms with Gasteiger partial charge in [0, 0.05) is 16.0 Å². The van der Waals surface area contributed by atoms with Crippen molar-refractivity contribution in [2.75, 3.05) is 0 Å². The molecule has 0 aliphatic heterocycles. The van der Waals surface area contributed by atoms with Crippen LogP contribution < -0.4 is 0 Å². The predicted octanol–water partition coefficient (Wildman–Crippen LogP) is 4.61. The highest BCUT2D eigenvalue weighted by Gasteiger charge is 2.29. The summed E-state index contributed by atoms with van der Waals surface area (Å²) in [6.07, 6.45) is 5.22. The van der Waals surface area contributed by atoms with Gasteiger partial charge in [0.2, 0.25) is 0 Å². The van der Waals surface area contributed by atoms with Crippen LogP contribution in [0.3, 0.4) is 0 Å². The maximum absolute atomic E-state index is 11.3. The fourth-order valence-corrected chi connectivity index (χ4v) is 4.08. The summed E-state index contributed by atoms with van der Waals surface area (Å²) in [7, 11) is 0. The third kappa shape index (κ3) is 4.43. The topological polar surface area (TPSA) is 37.3 Å². The Kier molecular flexibility index (Phi) is 5.59. The van der Waals surface area contributed by atoms with Crippen LogP contribution in [0.15, 0.2) is 24.3 Å². The van der Waals surface area contributed by atoms with Crippen LogP contribution in [0.1, 0.15) is 37.7 Å². The lowest BCUT2D eigenvalue weighted by Gasteiger charge is -2.21. The first-order valence-electron chi connectivity index (χ1n) is 6.75. The molecule has 2 rings (SSSR count). The minimum Gasteiger partial charge on any atom is -0.481 e. The van der Waals surface area contributed by atoms with Gasteiger partial charge in [-0.3, -0.25) is 4.79 Å². The van der Waals surface area contributed by atoms with Gasteiger partial charge in [0.05, 0.1) is 5.92 Å². The van der Waals surface area contributed by atoms with Gasteiger partial charge in [0.15, 0.2) is 0 Å². The van der Waals surface area contributed by atoms with Crippen LogP contribution in [0.5, 0.6) is 0 Å². The van der Waals surface area contributed by atoms with Crippen molar-refractivity contribution in [2.24, 2.45) is 5.92 Å². The molecule has 1 aromatic rings. The van der Waals surface area contributed by atoms with E-state index >= 15 is 0 Å². The van der Waals surface area contributed by atoms with Gasteiger partial charge in [-0.25, -0.2) is 0 Å². The highest BCUT2D eigenvalue weighted by molar-refractivity contribution is 7.99. The van der Waals surface area contributed by atoms with Crippen molar-refractivity contribution in [1.82, 2.24) is 0 Å². The molecule has 0 spiro atoms. The fourth-order valence-electron chi connectivity index (χ4n) is 2.54. The molecule has 2 atom stereocenters. The first-order valence-corrected chi connectivity index (χ1v) is 8.18. The number of halogens is 1. The first kappa shape index (κ1) is 14.7. The molecule has 1 aromatic carbocycles. The molecule has 0 saturated heterocycles. The van der Waals surface area contributed by atoms with Crippen LogP contribution in [-0.2, 0) is 10.5 Å². The van der Waals surface area contributed by atoms with Crippen LogP contribution >= 0.6 is 23.4 Å². The number of rotatable bonds is 4. The number of carboxylic acid groups (broad SMARTS) is 1. The molecular weight excluding hydrogens is 280 g/mol. The molecule has 1 saturated carbocycles. The van der Waals surface area contributed by atoms with Crippen molar-refractivity contribution in [3.05, 3.63) is 34.9 Å². The zero-order valence-electron chi connectivity index (χ0n) is 10.8. The third-order valence-corrected chi connectivity index (χ3v) is 5.39. The molecule has 104 valence electrons. The number of thioether (sulfide) groups is 1. The summed E-state index contributed by atoms with van der Waals surface area (Å²) in [6, 6.07) is 7.81. The maximum atomic E-state index is 11.3. The predicted molar refractivity (Wildman–Crippen MR) is 80.7 cm³/mol. The minimum absolute atomic E-state index is 0.181. The van der Waals surface area contributed by atoms with E-state index in [1.165, 1.54) is 12.0 Å². The van der Waals surface area contributed by atoms with Crippen molar-refractivity contribution < 1.29 is 9.90 Å². The highest BCUT2D eigenvalue weighted by Crippen LogP contribution is 2.34. The van der Waals surface area contributed by atoms with Gasteiger partial charge in [0.25, 0.3) is 0 Å². The van der Waals surface area contributed by atoms with Gasteiger partial charge in [-0.1, -0.05) is 43.0 Å². The molecular formula is C15H19ClO2S. The smallest absolute Gasteiger partial charge is 0.307 e. The van der Waals surface area contributed by atoms with Crippen LogP contribution in [0.2, 0.25) is 5.02 Å². The molecule has 19 heavy (non-hydrogen) atoms. The Labute approximate surface area is 123 Å². The van der Waals surface area contributed by atoms with E-state index in [-0.39, 0.29) is 11.2 Å². The second-order valence-electron chi connectivity index (χ2n) is 5.06. The number of benzene rings is 1. The SMILES string of the molecule is O=C(O)C1CCCCCC1SCc1ccc(Cl)cc1. The van der Waals surface area contributed by atoms with Crippen LogP contribution in [0, 0.1) is 5.92 Å². The Morgan fingerprint density at radius 1 is 1.21 bits per heavy atom. The minimum atomic E-state index is -0.629. The molecule has 4 heteroatoms. The molecule has 1 aliphatic rings. The largest absolute Gasteiger partial charge is 0.481 e. The van der Waals surface area contributed by atoms with Crippen LogP contribution in [0.4, 0.5) is 0 Å². The van der Waals surface area contributed by atoms with Crippen molar-refractivity contribution in [3.8, 4) is 0 Å². The molecule has 2 nitrogen and oxygen atoms in total. The molecule has 0 amide bonds. The lowest BCUT2D eigenvalue weighted by Crippen LogP contribution is -2.24. The van der Waals surface area contributed by atoms with E-state index in [2.05, 4.69) is 0 Å². The molecule has 0 aromatic heterocycles. The number of hydrogen-bond acceptors (Lipinski definition) is 2. The number of carbonyl (C=O) groups is 1. The Morgan fingerprint density at radius 3 is 2.58 bits per heavy atom. The highest BCUT2D eigenvalue weighted by atomic mass is 35.5. The Hall–Kier alpha value is -0.670. The van der Waals surface area contributed by atoms with Gasteiger partial charge in [0.1, 0.15) is 0 Å². The van der Waals surface area contributed by atoms with E-state index < -0.39 is 5.97 Å². The summed E-state index contributed by atoms with van der Waals surface area (Å²) >= 11 is 7.64. The fraction of sp³-hybridized carbons (Fsp3) is 0.533. The molecule has 1 N–H and O–H groups in total. The third-order valence-electron chi connectivity index (χ3n) is 3.65.